The van der Waals surface area contributed by atoms with E-state index < -0.39 is 0 Å². The number of aromatic nitrogens is 2. The minimum atomic E-state index is -0.254. The number of carbonyl (C=O) groups is 1. The van der Waals surface area contributed by atoms with Crippen molar-refractivity contribution in [2.24, 2.45) is 0 Å². The monoisotopic (exact) mass is 260 g/mol. The van der Waals surface area contributed by atoms with Crippen LogP contribution >= 0.6 is 11.6 Å². The van der Waals surface area contributed by atoms with E-state index >= 15 is 0 Å². The summed E-state index contributed by atoms with van der Waals surface area (Å²) in [4.78, 5) is 11.7. The molecule has 1 aromatic heterocycles. The molecule has 0 aliphatic carbocycles. The molecule has 5 nitrogen and oxygen atoms in total. The molecule has 1 amide bonds. The molecule has 1 heterocycles. The first kappa shape index (κ1) is 12.1. The average molecular weight is 261 g/mol. The molecule has 6 heteroatoms. The summed E-state index contributed by atoms with van der Waals surface area (Å²) in [6.07, 6.45) is 3.28. The predicted molar refractivity (Wildman–Crippen MR) is 67.0 cm³/mol. The molecule has 0 aliphatic rings. The van der Waals surface area contributed by atoms with Crippen molar-refractivity contribution in [3.8, 4) is 6.07 Å². The van der Waals surface area contributed by atoms with Gasteiger partial charge < -0.3 is 5.32 Å². The quantitative estimate of drug-likeness (QED) is 0.918. The van der Waals surface area contributed by atoms with Gasteiger partial charge in [-0.1, -0.05) is 11.6 Å². The summed E-state index contributed by atoms with van der Waals surface area (Å²) in [5.74, 6) is -0.254. The summed E-state index contributed by atoms with van der Waals surface area (Å²) < 4.78 is 1.50. The van der Waals surface area contributed by atoms with Crippen molar-refractivity contribution in [2.45, 2.75) is 6.54 Å². The lowest BCUT2D eigenvalue weighted by molar-refractivity contribution is -0.116. The number of nitriles is 1. The fourth-order valence-electron chi connectivity index (χ4n) is 1.42. The number of hydrogen-bond acceptors (Lipinski definition) is 3. The largest absolute Gasteiger partial charge is 0.323 e. The van der Waals surface area contributed by atoms with E-state index in [1.807, 2.05) is 6.07 Å². The molecule has 2 rings (SSSR count). The SMILES string of the molecule is N#Cc1ccc(Cl)c(NC(=O)Cn2cccn2)c1. The van der Waals surface area contributed by atoms with E-state index in [9.17, 15) is 4.79 Å². The second-order valence-electron chi connectivity index (χ2n) is 3.56. The van der Waals surface area contributed by atoms with Crippen LogP contribution in [0.25, 0.3) is 0 Å². The van der Waals surface area contributed by atoms with Gasteiger partial charge in [0.15, 0.2) is 0 Å². The molecule has 1 aromatic carbocycles. The Hall–Kier alpha value is -2.32. The van der Waals surface area contributed by atoms with Gasteiger partial charge in [-0.25, -0.2) is 0 Å². The van der Waals surface area contributed by atoms with Gasteiger partial charge in [0.1, 0.15) is 6.54 Å². The van der Waals surface area contributed by atoms with Gasteiger partial charge in [-0.05, 0) is 24.3 Å². The molecule has 0 saturated heterocycles. The first-order valence-corrected chi connectivity index (χ1v) is 5.54. The Morgan fingerprint density at radius 3 is 3.06 bits per heavy atom. The van der Waals surface area contributed by atoms with E-state index in [2.05, 4.69) is 10.4 Å². The fourth-order valence-corrected chi connectivity index (χ4v) is 1.59. The minimum absolute atomic E-state index is 0.0973. The van der Waals surface area contributed by atoms with Crippen LogP contribution in [0.15, 0.2) is 36.7 Å². The first-order valence-electron chi connectivity index (χ1n) is 5.16. The molecule has 0 unspecified atom stereocenters. The van der Waals surface area contributed by atoms with Crippen molar-refractivity contribution >= 4 is 23.2 Å². The third kappa shape index (κ3) is 2.87. The second kappa shape index (κ2) is 5.34. The number of halogens is 1. The Bertz CT molecular complexity index is 601. The van der Waals surface area contributed by atoms with E-state index in [4.69, 9.17) is 16.9 Å². The topological polar surface area (TPSA) is 70.7 Å². The molecule has 0 spiro atoms. The van der Waals surface area contributed by atoms with Crippen LogP contribution in [0.2, 0.25) is 5.02 Å². The minimum Gasteiger partial charge on any atom is -0.323 e. The van der Waals surface area contributed by atoms with E-state index in [0.29, 0.717) is 16.3 Å². The maximum absolute atomic E-state index is 11.7. The zero-order valence-electron chi connectivity index (χ0n) is 9.30. The third-order valence-corrected chi connectivity index (χ3v) is 2.56. The van der Waals surface area contributed by atoms with Gasteiger partial charge in [0.05, 0.1) is 22.3 Å². The molecule has 0 radical (unpaired) electrons. The van der Waals surface area contributed by atoms with Crippen molar-refractivity contribution < 1.29 is 4.79 Å². The molecule has 0 aliphatic heterocycles. The van der Waals surface area contributed by atoms with Crippen molar-refractivity contribution in [1.29, 1.82) is 5.26 Å². The summed E-state index contributed by atoms with van der Waals surface area (Å²) in [6, 6.07) is 8.41. The first-order chi connectivity index (χ1) is 8.69. The van der Waals surface area contributed by atoms with Crippen LogP contribution < -0.4 is 5.32 Å². The number of nitrogens with zero attached hydrogens (tertiary/aromatic N) is 3. The molecular formula is C12H9ClN4O. The molecule has 2 aromatic rings. The normalized spacial score (nSPS) is 9.78. The maximum Gasteiger partial charge on any atom is 0.246 e. The molecular weight excluding hydrogens is 252 g/mol. The van der Waals surface area contributed by atoms with E-state index in [-0.39, 0.29) is 12.5 Å². The molecule has 0 atom stereocenters. The molecule has 0 bridgehead atoms. The Balaban J connectivity index is 2.09. The van der Waals surface area contributed by atoms with Crippen LogP contribution in [0.3, 0.4) is 0 Å². The molecule has 18 heavy (non-hydrogen) atoms. The van der Waals surface area contributed by atoms with Crippen LogP contribution in [0.1, 0.15) is 5.56 Å². The van der Waals surface area contributed by atoms with Gasteiger partial charge in [0.25, 0.3) is 0 Å². The van der Waals surface area contributed by atoms with Crippen LogP contribution in [-0.2, 0) is 11.3 Å². The Labute approximate surface area is 109 Å². The zero-order valence-corrected chi connectivity index (χ0v) is 10.1. The lowest BCUT2D eigenvalue weighted by Crippen LogP contribution is -2.19. The smallest absolute Gasteiger partial charge is 0.246 e. The van der Waals surface area contributed by atoms with Crippen molar-refractivity contribution in [1.82, 2.24) is 9.78 Å². The van der Waals surface area contributed by atoms with E-state index in [1.54, 1.807) is 30.6 Å². The van der Waals surface area contributed by atoms with E-state index in [1.165, 1.54) is 10.7 Å². The van der Waals surface area contributed by atoms with Crippen LogP contribution in [-0.4, -0.2) is 15.7 Å². The van der Waals surface area contributed by atoms with Crippen molar-refractivity contribution in [3.63, 3.8) is 0 Å². The number of rotatable bonds is 3. The van der Waals surface area contributed by atoms with Gasteiger partial charge in [0, 0.05) is 12.4 Å². The molecule has 0 fully saturated rings. The number of nitrogens with one attached hydrogen (secondary N) is 1. The summed E-state index contributed by atoms with van der Waals surface area (Å²) >= 11 is 5.93. The average Bonchev–Trinajstić information content (AvgIpc) is 2.84. The Kier molecular flexibility index (Phi) is 3.60. The van der Waals surface area contributed by atoms with Crippen LogP contribution in [0.5, 0.6) is 0 Å². The Morgan fingerprint density at radius 1 is 1.56 bits per heavy atom. The van der Waals surface area contributed by atoms with Gasteiger partial charge in [-0.3, -0.25) is 9.48 Å². The van der Waals surface area contributed by atoms with Crippen LogP contribution in [0.4, 0.5) is 5.69 Å². The molecule has 90 valence electrons. The molecule has 0 saturated carbocycles. The van der Waals surface area contributed by atoms with Crippen LogP contribution in [0, 0.1) is 11.3 Å². The molecule has 1 N–H and O–H groups in total. The Morgan fingerprint density at radius 2 is 2.39 bits per heavy atom. The standard InChI is InChI=1S/C12H9ClN4O/c13-10-3-2-9(7-14)6-11(10)16-12(18)8-17-5-1-4-15-17/h1-6H,8H2,(H,16,18). The summed E-state index contributed by atoms with van der Waals surface area (Å²) in [6.45, 7) is 0.0973. The number of anilines is 1. The lowest BCUT2D eigenvalue weighted by Gasteiger charge is -2.07. The summed E-state index contributed by atoms with van der Waals surface area (Å²) in [5, 5.41) is 15.7. The highest BCUT2D eigenvalue weighted by atomic mass is 35.5. The highest BCUT2D eigenvalue weighted by Crippen LogP contribution is 2.22. The highest BCUT2D eigenvalue weighted by molar-refractivity contribution is 6.33. The van der Waals surface area contributed by atoms with Crippen molar-refractivity contribution in [2.75, 3.05) is 5.32 Å². The van der Waals surface area contributed by atoms with Gasteiger partial charge in [0.2, 0.25) is 5.91 Å². The summed E-state index contributed by atoms with van der Waals surface area (Å²) in [7, 11) is 0. The van der Waals surface area contributed by atoms with Gasteiger partial charge >= 0.3 is 0 Å². The zero-order chi connectivity index (χ0) is 13.0. The predicted octanol–water partition coefficient (Wildman–Crippen LogP) is 2.05. The second-order valence-corrected chi connectivity index (χ2v) is 3.97. The fraction of sp³-hybridized carbons (Fsp3) is 0.0833. The number of amides is 1. The number of carbonyl (C=O) groups excluding carboxylic acids is 1. The highest BCUT2D eigenvalue weighted by Gasteiger charge is 2.07. The maximum atomic E-state index is 11.7. The number of benzene rings is 1. The van der Waals surface area contributed by atoms with Crippen molar-refractivity contribution in [3.05, 3.63) is 47.2 Å². The van der Waals surface area contributed by atoms with Gasteiger partial charge in [-0.2, -0.15) is 10.4 Å². The van der Waals surface area contributed by atoms with Gasteiger partial charge in [-0.15, -0.1) is 0 Å². The third-order valence-electron chi connectivity index (χ3n) is 2.23. The number of hydrogen-bond donors (Lipinski definition) is 1. The summed E-state index contributed by atoms with van der Waals surface area (Å²) in [5.41, 5.74) is 0.863. The lowest BCUT2D eigenvalue weighted by atomic mass is 10.2. The van der Waals surface area contributed by atoms with E-state index in [0.717, 1.165) is 0 Å².